The quantitative estimate of drug-likeness (QED) is 0.875. The van der Waals surface area contributed by atoms with Crippen LogP contribution in [0.3, 0.4) is 0 Å². The van der Waals surface area contributed by atoms with Gasteiger partial charge in [0.1, 0.15) is 0 Å². The van der Waals surface area contributed by atoms with E-state index < -0.39 is 17.2 Å². The molecular formula is C12H13F2N3OS. The highest BCUT2D eigenvalue weighted by molar-refractivity contribution is 7.98. The Labute approximate surface area is 113 Å². The summed E-state index contributed by atoms with van der Waals surface area (Å²) in [7, 11) is 0. The monoisotopic (exact) mass is 285 g/mol. The molecule has 1 heterocycles. The van der Waals surface area contributed by atoms with E-state index in [2.05, 4.69) is 10.1 Å². The molecule has 4 nitrogen and oxygen atoms in total. The normalized spacial score (nSPS) is 11.8. The minimum Gasteiger partial charge on any atom is -0.338 e. The summed E-state index contributed by atoms with van der Waals surface area (Å²) in [5, 5.41) is 3.77. The lowest BCUT2D eigenvalue weighted by Gasteiger charge is -2.11. The zero-order chi connectivity index (χ0) is 14.0. The van der Waals surface area contributed by atoms with Crippen molar-refractivity contribution in [3.63, 3.8) is 0 Å². The molecule has 0 unspecified atom stereocenters. The number of hydrogen-bond acceptors (Lipinski definition) is 5. The van der Waals surface area contributed by atoms with Crippen LogP contribution in [0.25, 0.3) is 0 Å². The van der Waals surface area contributed by atoms with Crippen LogP contribution in [0.2, 0.25) is 0 Å². The van der Waals surface area contributed by atoms with E-state index in [0.717, 1.165) is 12.1 Å². The Hall–Kier alpha value is -1.47. The molecule has 0 saturated heterocycles. The van der Waals surface area contributed by atoms with Crippen LogP contribution in [0.5, 0.6) is 0 Å². The first-order valence-electron chi connectivity index (χ1n) is 5.56. The van der Waals surface area contributed by atoms with Gasteiger partial charge in [0.2, 0.25) is 5.89 Å². The van der Waals surface area contributed by atoms with E-state index >= 15 is 0 Å². The molecule has 0 bridgehead atoms. The molecule has 0 aliphatic rings. The molecule has 0 saturated carbocycles. The van der Waals surface area contributed by atoms with Gasteiger partial charge >= 0.3 is 0 Å². The fourth-order valence-corrected chi connectivity index (χ4v) is 2.05. The number of thioether (sulfide) groups is 1. The van der Waals surface area contributed by atoms with Crippen molar-refractivity contribution < 1.29 is 13.3 Å². The van der Waals surface area contributed by atoms with Crippen LogP contribution in [0, 0.1) is 11.6 Å². The van der Waals surface area contributed by atoms with Crippen LogP contribution in [0.4, 0.5) is 8.78 Å². The van der Waals surface area contributed by atoms with Crippen molar-refractivity contribution in [3.8, 4) is 0 Å². The van der Waals surface area contributed by atoms with E-state index in [9.17, 15) is 8.78 Å². The molecule has 19 heavy (non-hydrogen) atoms. The number of aromatic nitrogens is 2. The van der Waals surface area contributed by atoms with Crippen molar-refractivity contribution in [2.24, 2.45) is 5.73 Å². The number of nitrogens with two attached hydrogens (primary N) is 1. The third kappa shape index (κ3) is 3.51. The van der Waals surface area contributed by atoms with E-state index in [1.807, 2.05) is 0 Å². The highest BCUT2D eigenvalue weighted by atomic mass is 32.2. The molecule has 2 N–H and O–H groups in total. The van der Waals surface area contributed by atoms with Gasteiger partial charge in [-0.25, -0.2) is 8.78 Å². The molecule has 0 fully saturated rings. The summed E-state index contributed by atoms with van der Waals surface area (Å²) in [6.07, 6.45) is 0. The number of hydrogen-bond donors (Lipinski definition) is 1. The van der Waals surface area contributed by atoms with Gasteiger partial charge in [-0.2, -0.15) is 4.98 Å². The third-order valence-corrected chi connectivity index (χ3v) is 3.28. The zero-order valence-electron chi connectivity index (χ0n) is 10.5. The first-order valence-corrected chi connectivity index (χ1v) is 6.54. The Balaban J connectivity index is 2.02. The highest BCUT2D eigenvalue weighted by Gasteiger charge is 2.21. The van der Waals surface area contributed by atoms with Crippen molar-refractivity contribution >= 4 is 11.8 Å². The smallest absolute Gasteiger partial charge is 0.237 e. The summed E-state index contributed by atoms with van der Waals surface area (Å²) in [6.45, 7) is 3.54. The average Bonchev–Trinajstić information content (AvgIpc) is 2.79. The fraction of sp³-hybridized carbons (Fsp3) is 0.333. The minimum atomic E-state index is -0.876. The molecule has 2 aromatic rings. The molecule has 0 radical (unpaired) electrons. The largest absolute Gasteiger partial charge is 0.338 e. The average molecular weight is 285 g/mol. The Morgan fingerprint density at radius 1 is 1.32 bits per heavy atom. The summed E-state index contributed by atoms with van der Waals surface area (Å²) in [6, 6.07) is 3.71. The van der Waals surface area contributed by atoms with Crippen molar-refractivity contribution in [1.29, 1.82) is 0 Å². The van der Waals surface area contributed by atoms with Gasteiger partial charge in [-0.05, 0) is 32.0 Å². The maximum Gasteiger partial charge on any atom is 0.237 e. The number of nitrogens with zero attached hydrogens (tertiary/aromatic N) is 2. The van der Waals surface area contributed by atoms with Gasteiger partial charge < -0.3 is 10.3 Å². The highest BCUT2D eigenvalue weighted by Crippen LogP contribution is 2.24. The summed E-state index contributed by atoms with van der Waals surface area (Å²) < 4.78 is 30.8. The second-order valence-electron chi connectivity index (χ2n) is 4.60. The van der Waals surface area contributed by atoms with E-state index in [4.69, 9.17) is 10.3 Å². The van der Waals surface area contributed by atoms with Crippen molar-refractivity contribution in [2.45, 2.75) is 30.0 Å². The van der Waals surface area contributed by atoms with Gasteiger partial charge in [0, 0.05) is 4.90 Å². The summed E-state index contributed by atoms with van der Waals surface area (Å²) in [5.41, 5.74) is 5.16. The Morgan fingerprint density at radius 3 is 2.63 bits per heavy atom. The van der Waals surface area contributed by atoms with Gasteiger partial charge in [-0.3, -0.25) is 0 Å². The molecule has 7 heteroatoms. The lowest BCUT2D eigenvalue weighted by Crippen LogP contribution is -2.30. The van der Waals surface area contributed by atoms with Crippen molar-refractivity contribution in [3.05, 3.63) is 41.5 Å². The minimum absolute atomic E-state index is 0.369. The van der Waals surface area contributed by atoms with Gasteiger partial charge in [0.15, 0.2) is 17.5 Å². The second-order valence-corrected chi connectivity index (χ2v) is 5.65. The Kier molecular flexibility index (Phi) is 3.86. The van der Waals surface area contributed by atoms with Crippen LogP contribution in [-0.2, 0) is 11.3 Å². The summed E-state index contributed by atoms with van der Waals surface area (Å²) in [4.78, 5) is 4.73. The topological polar surface area (TPSA) is 64.9 Å². The molecule has 0 atom stereocenters. The van der Waals surface area contributed by atoms with Gasteiger partial charge in [-0.15, -0.1) is 11.8 Å². The van der Waals surface area contributed by atoms with Crippen LogP contribution in [-0.4, -0.2) is 10.1 Å². The van der Waals surface area contributed by atoms with E-state index in [1.54, 1.807) is 13.8 Å². The standard InChI is InChI=1S/C12H13F2N3OS/c1-12(2,15)11-16-10(18-17-11)6-19-7-3-4-8(13)9(14)5-7/h3-5H,6,15H2,1-2H3. The molecule has 102 valence electrons. The molecule has 1 aromatic heterocycles. The lowest BCUT2D eigenvalue weighted by molar-refractivity contribution is 0.370. The van der Waals surface area contributed by atoms with Gasteiger partial charge in [0.05, 0.1) is 11.3 Å². The van der Waals surface area contributed by atoms with Crippen LogP contribution < -0.4 is 5.73 Å². The fourth-order valence-electron chi connectivity index (χ4n) is 1.29. The van der Waals surface area contributed by atoms with Crippen LogP contribution in [0.15, 0.2) is 27.6 Å². The second kappa shape index (κ2) is 5.26. The number of rotatable bonds is 4. The predicted octanol–water partition coefficient (Wildman–Crippen LogP) is 2.83. The first-order chi connectivity index (χ1) is 8.86. The Bertz CT molecular complexity index is 581. The third-order valence-electron chi connectivity index (χ3n) is 2.30. The lowest BCUT2D eigenvalue weighted by atomic mass is 10.1. The first kappa shape index (κ1) is 14.0. The molecule has 0 amide bonds. The van der Waals surface area contributed by atoms with E-state index in [0.29, 0.717) is 22.4 Å². The van der Waals surface area contributed by atoms with E-state index in [1.165, 1.54) is 17.8 Å². The van der Waals surface area contributed by atoms with E-state index in [-0.39, 0.29) is 0 Å². The Morgan fingerprint density at radius 2 is 2.05 bits per heavy atom. The molecule has 0 spiro atoms. The van der Waals surface area contributed by atoms with Crippen molar-refractivity contribution in [2.75, 3.05) is 0 Å². The number of halogens is 2. The van der Waals surface area contributed by atoms with Crippen LogP contribution in [0.1, 0.15) is 25.6 Å². The SMILES string of the molecule is CC(C)(N)c1noc(CSc2ccc(F)c(F)c2)n1. The summed E-state index contributed by atoms with van der Waals surface area (Å²) in [5.74, 6) is -0.570. The zero-order valence-corrected chi connectivity index (χ0v) is 11.3. The number of benzene rings is 1. The molecule has 0 aliphatic heterocycles. The van der Waals surface area contributed by atoms with Gasteiger partial charge in [0.25, 0.3) is 0 Å². The van der Waals surface area contributed by atoms with Gasteiger partial charge in [-0.1, -0.05) is 5.16 Å². The molecular weight excluding hydrogens is 272 g/mol. The van der Waals surface area contributed by atoms with Crippen LogP contribution >= 0.6 is 11.8 Å². The predicted molar refractivity (Wildman–Crippen MR) is 67.4 cm³/mol. The molecule has 2 rings (SSSR count). The molecule has 1 aromatic carbocycles. The maximum absolute atomic E-state index is 13.0. The maximum atomic E-state index is 13.0. The summed E-state index contributed by atoms with van der Waals surface area (Å²) >= 11 is 1.28. The van der Waals surface area contributed by atoms with Crippen molar-refractivity contribution in [1.82, 2.24) is 10.1 Å². The molecule has 0 aliphatic carbocycles.